The predicted molar refractivity (Wildman–Crippen MR) is 72.3 cm³/mol. The smallest absolute Gasteiger partial charge is 0.319 e. The normalized spacial score (nSPS) is 28.7. The van der Waals surface area contributed by atoms with Crippen LogP contribution in [0.4, 0.5) is 10.5 Å². The molecule has 1 aliphatic carbocycles. The highest BCUT2D eigenvalue weighted by Crippen LogP contribution is 2.41. The maximum absolute atomic E-state index is 11.8. The topological polar surface area (TPSA) is 53.2 Å². The van der Waals surface area contributed by atoms with Gasteiger partial charge in [-0.25, -0.2) is 4.79 Å². The van der Waals surface area contributed by atoms with E-state index in [9.17, 15) is 4.79 Å². The van der Waals surface area contributed by atoms with Crippen LogP contribution in [0, 0.1) is 11.8 Å². The number of anilines is 1. The Morgan fingerprint density at radius 2 is 1.94 bits per heavy atom. The number of hydrogen-bond donors (Lipinski definition) is 3. The van der Waals surface area contributed by atoms with Gasteiger partial charge in [0.25, 0.3) is 0 Å². The lowest BCUT2D eigenvalue weighted by Gasteiger charge is -2.10. The summed E-state index contributed by atoms with van der Waals surface area (Å²) in [7, 11) is 0. The molecule has 3 rings (SSSR count). The highest BCUT2D eigenvalue weighted by Gasteiger charge is 2.53. The molecule has 2 fully saturated rings. The van der Waals surface area contributed by atoms with Crippen molar-refractivity contribution < 1.29 is 4.79 Å². The van der Waals surface area contributed by atoms with Gasteiger partial charge >= 0.3 is 6.03 Å². The van der Waals surface area contributed by atoms with Crippen LogP contribution in [0.2, 0.25) is 10.0 Å². The summed E-state index contributed by atoms with van der Waals surface area (Å²) in [5, 5.41) is 9.92. The fraction of sp³-hybridized carbons (Fsp3) is 0.417. The Balaban J connectivity index is 1.56. The van der Waals surface area contributed by atoms with Gasteiger partial charge < -0.3 is 16.0 Å². The van der Waals surface area contributed by atoms with Crippen LogP contribution in [0.25, 0.3) is 0 Å². The van der Waals surface area contributed by atoms with Gasteiger partial charge in [-0.3, -0.25) is 0 Å². The van der Waals surface area contributed by atoms with Crippen molar-refractivity contribution in [1.82, 2.24) is 10.6 Å². The van der Waals surface area contributed by atoms with Gasteiger partial charge in [0, 0.05) is 24.8 Å². The average molecular weight is 286 g/mol. The molecule has 3 N–H and O–H groups in total. The van der Waals surface area contributed by atoms with Crippen molar-refractivity contribution in [2.24, 2.45) is 11.8 Å². The number of rotatable bonds is 2. The summed E-state index contributed by atoms with van der Waals surface area (Å²) < 4.78 is 0. The number of halogens is 2. The summed E-state index contributed by atoms with van der Waals surface area (Å²) in [6.45, 7) is 2.00. The van der Waals surface area contributed by atoms with E-state index in [-0.39, 0.29) is 6.03 Å². The van der Waals surface area contributed by atoms with Crippen molar-refractivity contribution in [3.8, 4) is 0 Å². The lowest BCUT2D eigenvalue weighted by molar-refractivity contribution is 0.250. The first-order chi connectivity index (χ1) is 8.65. The van der Waals surface area contributed by atoms with Crippen LogP contribution >= 0.6 is 23.2 Å². The minimum Gasteiger partial charge on any atom is -0.334 e. The monoisotopic (exact) mass is 285 g/mol. The summed E-state index contributed by atoms with van der Waals surface area (Å²) in [6.07, 6.45) is 0. The van der Waals surface area contributed by atoms with E-state index in [1.807, 2.05) is 0 Å². The van der Waals surface area contributed by atoms with E-state index in [4.69, 9.17) is 23.2 Å². The number of nitrogens with one attached hydrogen (secondary N) is 3. The van der Waals surface area contributed by atoms with Crippen molar-refractivity contribution in [2.45, 2.75) is 6.04 Å². The standard InChI is InChI=1S/C12H13Cl2N3O/c13-9-2-1-6(3-10(9)14)16-12(18)17-11-7-4-15-5-8(7)11/h1-3,7-8,11,15H,4-5H2,(H2,16,17,18). The summed E-state index contributed by atoms with van der Waals surface area (Å²) in [5.41, 5.74) is 0.644. The van der Waals surface area contributed by atoms with E-state index in [2.05, 4.69) is 16.0 Å². The number of amides is 2. The van der Waals surface area contributed by atoms with E-state index in [0.29, 0.717) is 33.6 Å². The Morgan fingerprint density at radius 1 is 1.22 bits per heavy atom. The molecule has 18 heavy (non-hydrogen) atoms. The van der Waals surface area contributed by atoms with E-state index in [0.717, 1.165) is 13.1 Å². The summed E-state index contributed by atoms with van der Waals surface area (Å²) in [4.78, 5) is 11.8. The van der Waals surface area contributed by atoms with Crippen molar-refractivity contribution in [3.63, 3.8) is 0 Å². The molecule has 0 bridgehead atoms. The van der Waals surface area contributed by atoms with Gasteiger partial charge in [0.1, 0.15) is 0 Å². The van der Waals surface area contributed by atoms with Gasteiger partial charge in [-0.15, -0.1) is 0 Å². The second-order valence-electron chi connectivity index (χ2n) is 4.74. The fourth-order valence-corrected chi connectivity index (χ4v) is 2.82. The molecule has 0 spiro atoms. The number of benzene rings is 1. The summed E-state index contributed by atoms with van der Waals surface area (Å²) in [5.74, 6) is 1.20. The third kappa shape index (κ3) is 2.28. The van der Waals surface area contributed by atoms with Crippen molar-refractivity contribution in [2.75, 3.05) is 18.4 Å². The van der Waals surface area contributed by atoms with Gasteiger partial charge in [0.2, 0.25) is 0 Å². The molecule has 2 aliphatic rings. The van der Waals surface area contributed by atoms with E-state index in [1.165, 1.54) is 0 Å². The molecule has 1 aromatic rings. The molecular formula is C12H13Cl2N3O. The molecule has 1 saturated carbocycles. The zero-order valence-electron chi connectivity index (χ0n) is 9.54. The van der Waals surface area contributed by atoms with Crippen molar-refractivity contribution >= 4 is 34.9 Å². The van der Waals surface area contributed by atoms with Gasteiger partial charge in [0.05, 0.1) is 10.0 Å². The molecule has 2 amide bonds. The maximum Gasteiger partial charge on any atom is 0.319 e. The quantitative estimate of drug-likeness (QED) is 0.781. The van der Waals surface area contributed by atoms with Crippen LogP contribution in [-0.4, -0.2) is 25.2 Å². The maximum atomic E-state index is 11.8. The highest BCUT2D eigenvalue weighted by atomic mass is 35.5. The molecule has 96 valence electrons. The molecule has 0 aromatic heterocycles. The molecular weight excluding hydrogens is 273 g/mol. The molecule has 4 nitrogen and oxygen atoms in total. The molecule has 1 aliphatic heterocycles. The Hall–Kier alpha value is -0.970. The van der Waals surface area contributed by atoms with Gasteiger partial charge in [-0.05, 0) is 30.0 Å². The number of urea groups is 1. The number of piperidine rings is 1. The Kier molecular flexibility index (Phi) is 3.09. The third-order valence-corrected chi connectivity index (χ3v) is 4.31. The zero-order valence-corrected chi connectivity index (χ0v) is 11.1. The third-order valence-electron chi connectivity index (χ3n) is 3.57. The molecule has 2 unspecified atom stereocenters. The molecule has 2 atom stereocenters. The average Bonchev–Trinajstić information content (AvgIpc) is 2.76. The molecule has 6 heteroatoms. The van der Waals surface area contributed by atoms with Crippen molar-refractivity contribution in [1.29, 1.82) is 0 Å². The van der Waals surface area contributed by atoms with Gasteiger partial charge in [-0.2, -0.15) is 0 Å². The van der Waals surface area contributed by atoms with E-state index in [1.54, 1.807) is 18.2 Å². The highest BCUT2D eigenvalue weighted by molar-refractivity contribution is 6.42. The molecule has 1 aromatic carbocycles. The van der Waals surface area contributed by atoms with Gasteiger partial charge in [-0.1, -0.05) is 23.2 Å². The Labute approximate surface area is 115 Å². The van der Waals surface area contributed by atoms with Crippen LogP contribution in [0.3, 0.4) is 0 Å². The summed E-state index contributed by atoms with van der Waals surface area (Å²) in [6, 6.07) is 5.15. The first-order valence-corrected chi connectivity index (χ1v) is 6.64. The van der Waals surface area contributed by atoms with Crippen LogP contribution in [0.1, 0.15) is 0 Å². The second kappa shape index (κ2) is 4.61. The Bertz CT molecular complexity index is 484. The SMILES string of the molecule is O=C(Nc1ccc(Cl)c(Cl)c1)NC1C2CNCC21. The minimum atomic E-state index is -0.187. The van der Waals surface area contributed by atoms with E-state index < -0.39 is 0 Å². The lowest BCUT2D eigenvalue weighted by atomic mass is 10.3. The Morgan fingerprint density at radius 3 is 2.61 bits per heavy atom. The first kappa shape index (κ1) is 12.1. The minimum absolute atomic E-state index is 0.187. The fourth-order valence-electron chi connectivity index (χ4n) is 2.52. The van der Waals surface area contributed by atoms with Crippen LogP contribution < -0.4 is 16.0 Å². The molecule has 1 saturated heterocycles. The number of hydrogen-bond acceptors (Lipinski definition) is 2. The number of carbonyl (C=O) groups excluding carboxylic acids is 1. The van der Waals surface area contributed by atoms with Crippen LogP contribution in [0.5, 0.6) is 0 Å². The first-order valence-electron chi connectivity index (χ1n) is 5.88. The molecule has 0 radical (unpaired) electrons. The second-order valence-corrected chi connectivity index (χ2v) is 5.55. The van der Waals surface area contributed by atoms with Gasteiger partial charge in [0.15, 0.2) is 0 Å². The largest absolute Gasteiger partial charge is 0.334 e. The van der Waals surface area contributed by atoms with E-state index >= 15 is 0 Å². The predicted octanol–water partition coefficient (Wildman–Crippen LogP) is 2.33. The lowest BCUT2D eigenvalue weighted by Crippen LogP contribution is -2.35. The molecule has 1 heterocycles. The van der Waals surface area contributed by atoms with Crippen molar-refractivity contribution in [3.05, 3.63) is 28.2 Å². The zero-order chi connectivity index (χ0) is 12.7. The summed E-state index contributed by atoms with van der Waals surface area (Å²) >= 11 is 11.7. The van der Waals surface area contributed by atoms with Crippen LogP contribution in [-0.2, 0) is 0 Å². The number of fused-ring (bicyclic) bond motifs is 1. The van der Waals surface area contributed by atoms with Crippen LogP contribution in [0.15, 0.2) is 18.2 Å². The number of carbonyl (C=O) groups is 1.